The van der Waals surface area contributed by atoms with Gasteiger partial charge in [-0.15, -0.1) is 0 Å². The minimum Gasteiger partial charge on any atom is -0.0623 e. The third-order valence-electron chi connectivity index (χ3n) is 5.94. The molecule has 0 atom stereocenters. The second-order valence-corrected chi connectivity index (χ2v) is 8.18. The Balaban J connectivity index is 0.000000118. The Labute approximate surface area is 201 Å². The van der Waals surface area contributed by atoms with E-state index in [1.807, 2.05) is 48.5 Å². The highest BCUT2D eigenvalue weighted by Gasteiger charge is 2.06. The van der Waals surface area contributed by atoms with E-state index in [9.17, 15) is 0 Å². The van der Waals surface area contributed by atoms with Crippen LogP contribution in [-0.2, 0) is 0 Å². The summed E-state index contributed by atoms with van der Waals surface area (Å²) in [7, 11) is 0. The zero-order valence-corrected chi connectivity index (χ0v) is 19.0. The van der Waals surface area contributed by atoms with Crippen molar-refractivity contribution in [1.29, 1.82) is 0 Å². The number of hydrogen-bond donors (Lipinski definition) is 0. The molecule has 0 amide bonds. The summed E-state index contributed by atoms with van der Waals surface area (Å²) in [6.45, 7) is 0. The number of hydrogen-bond acceptors (Lipinski definition) is 0. The molecule has 0 spiro atoms. The highest BCUT2D eigenvalue weighted by molar-refractivity contribution is 6.22. The van der Waals surface area contributed by atoms with E-state index >= 15 is 0 Å². The lowest BCUT2D eigenvalue weighted by atomic mass is 9.95. The maximum Gasteiger partial charge on any atom is -0.00268 e. The molecule has 0 fully saturated rings. The first-order valence-corrected chi connectivity index (χ1v) is 11.6. The van der Waals surface area contributed by atoms with Gasteiger partial charge in [0.25, 0.3) is 0 Å². The van der Waals surface area contributed by atoms with Crippen molar-refractivity contribution in [3.05, 3.63) is 158 Å². The van der Waals surface area contributed by atoms with Crippen LogP contribution >= 0.6 is 0 Å². The summed E-state index contributed by atoms with van der Waals surface area (Å²) in [6.07, 6.45) is 0. The summed E-state index contributed by atoms with van der Waals surface area (Å²) >= 11 is 0. The van der Waals surface area contributed by atoms with Crippen molar-refractivity contribution in [2.24, 2.45) is 0 Å². The molecule has 0 bridgehead atoms. The third kappa shape index (κ3) is 4.82. The van der Waals surface area contributed by atoms with Crippen LogP contribution in [0.2, 0.25) is 0 Å². The molecule has 0 heteroatoms. The molecule has 0 N–H and O–H groups in total. The number of benzene rings is 7. The quantitative estimate of drug-likeness (QED) is 0.226. The minimum atomic E-state index is 1.28. The molecule has 7 aromatic rings. The minimum absolute atomic E-state index is 1.28. The van der Waals surface area contributed by atoms with E-state index in [1.165, 1.54) is 43.4 Å². The van der Waals surface area contributed by atoms with Gasteiger partial charge in [0, 0.05) is 0 Å². The summed E-state index contributed by atoms with van der Waals surface area (Å²) in [4.78, 5) is 0. The molecule has 0 saturated carbocycles. The van der Waals surface area contributed by atoms with Crippen LogP contribution in [0.5, 0.6) is 0 Å². The van der Waals surface area contributed by atoms with Crippen LogP contribution in [-0.4, -0.2) is 0 Å². The smallest absolute Gasteiger partial charge is 0.00268 e. The van der Waals surface area contributed by atoms with Gasteiger partial charge in [-0.3, -0.25) is 0 Å². The van der Waals surface area contributed by atoms with Crippen molar-refractivity contribution >= 4 is 32.3 Å². The van der Waals surface area contributed by atoms with Gasteiger partial charge in [-0.05, 0) is 43.4 Å². The lowest BCUT2D eigenvalue weighted by Crippen LogP contribution is -1.82. The molecule has 0 saturated heterocycles. The van der Waals surface area contributed by atoms with Crippen molar-refractivity contribution < 1.29 is 0 Å². The van der Waals surface area contributed by atoms with E-state index in [4.69, 9.17) is 0 Å². The van der Waals surface area contributed by atoms with Gasteiger partial charge in [0.1, 0.15) is 0 Å². The first-order chi connectivity index (χ1) is 16.9. The topological polar surface area (TPSA) is 0 Å². The standard InChI is InChI=1S/C16H10.C12H10.C6H6/c1-3-11-7-9-13-5-2-6-14-10-8-12(4-1)15(11)16(13)14;1-3-7-11(8-4-1)12-9-5-2-6-10-12;1-2-4-6-5-3-1/h1-10H;1-10H;1-6H. The fraction of sp³-hybridized carbons (Fsp3) is 0. The summed E-state index contributed by atoms with van der Waals surface area (Å²) < 4.78 is 0. The Hall–Kier alpha value is -4.42. The Morgan fingerprint density at radius 1 is 0.206 bits per heavy atom. The van der Waals surface area contributed by atoms with Crippen LogP contribution < -0.4 is 0 Å². The Morgan fingerprint density at radius 2 is 0.471 bits per heavy atom. The Morgan fingerprint density at radius 3 is 0.765 bits per heavy atom. The molecule has 0 nitrogen and oxygen atoms in total. The van der Waals surface area contributed by atoms with Crippen molar-refractivity contribution in [2.45, 2.75) is 0 Å². The maximum absolute atomic E-state index is 2.21. The third-order valence-corrected chi connectivity index (χ3v) is 5.94. The SMILES string of the molecule is c1cc2ccc3cccc4ccc(c1)c2c34.c1ccc(-c2ccccc2)cc1.c1ccccc1. The monoisotopic (exact) mass is 434 g/mol. The zero-order valence-electron chi connectivity index (χ0n) is 19.0. The molecule has 0 radical (unpaired) electrons. The van der Waals surface area contributed by atoms with E-state index in [2.05, 4.69) is 109 Å². The van der Waals surface area contributed by atoms with Gasteiger partial charge < -0.3 is 0 Å². The van der Waals surface area contributed by atoms with Crippen molar-refractivity contribution in [3.63, 3.8) is 0 Å². The lowest BCUT2D eigenvalue weighted by Gasteiger charge is -2.09. The summed E-state index contributed by atoms with van der Waals surface area (Å²) in [6, 6.07) is 54.6. The summed E-state index contributed by atoms with van der Waals surface area (Å²) in [5.74, 6) is 0. The molecular formula is C34H26. The molecule has 34 heavy (non-hydrogen) atoms. The largest absolute Gasteiger partial charge is 0.0623 e. The average Bonchev–Trinajstić information content (AvgIpc) is 2.94. The van der Waals surface area contributed by atoms with Crippen molar-refractivity contribution in [1.82, 2.24) is 0 Å². The van der Waals surface area contributed by atoms with Crippen LogP contribution in [0, 0.1) is 0 Å². The highest BCUT2D eigenvalue weighted by atomic mass is 14.1. The molecular weight excluding hydrogens is 408 g/mol. The molecule has 7 rings (SSSR count). The second-order valence-electron chi connectivity index (χ2n) is 8.18. The zero-order chi connectivity index (χ0) is 23.0. The molecule has 0 aromatic heterocycles. The van der Waals surface area contributed by atoms with Gasteiger partial charge in [-0.1, -0.05) is 158 Å². The van der Waals surface area contributed by atoms with Gasteiger partial charge in [-0.25, -0.2) is 0 Å². The first-order valence-electron chi connectivity index (χ1n) is 11.6. The van der Waals surface area contributed by atoms with E-state index in [1.54, 1.807) is 0 Å². The molecule has 162 valence electrons. The van der Waals surface area contributed by atoms with Crippen molar-refractivity contribution in [3.8, 4) is 11.1 Å². The normalized spacial score (nSPS) is 10.4. The van der Waals surface area contributed by atoms with Crippen molar-refractivity contribution in [2.75, 3.05) is 0 Å². The predicted octanol–water partition coefficient (Wildman–Crippen LogP) is 9.62. The molecule has 0 heterocycles. The molecule has 0 aliphatic carbocycles. The van der Waals surface area contributed by atoms with Crippen LogP contribution in [0.15, 0.2) is 158 Å². The highest BCUT2D eigenvalue weighted by Crippen LogP contribution is 2.33. The van der Waals surface area contributed by atoms with Gasteiger partial charge >= 0.3 is 0 Å². The Kier molecular flexibility index (Phi) is 6.59. The van der Waals surface area contributed by atoms with Crippen LogP contribution in [0.4, 0.5) is 0 Å². The van der Waals surface area contributed by atoms with E-state index in [0.29, 0.717) is 0 Å². The number of rotatable bonds is 1. The molecule has 0 unspecified atom stereocenters. The predicted molar refractivity (Wildman–Crippen MR) is 148 cm³/mol. The fourth-order valence-electron chi connectivity index (χ4n) is 4.32. The van der Waals surface area contributed by atoms with Crippen LogP contribution in [0.1, 0.15) is 0 Å². The Bertz CT molecular complexity index is 1370. The van der Waals surface area contributed by atoms with Gasteiger partial charge in [-0.2, -0.15) is 0 Å². The average molecular weight is 435 g/mol. The van der Waals surface area contributed by atoms with Gasteiger partial charge in [0.15, 0.2) is 0 Å². The molecule has 7 aromatic carbocycles. The lowest BCUT2D eigenvalue weighted by molar-refractivity contribution is 1.62. The van der Waals surface area contributed by atoms with Crippen LogP contribution in [0.3, 0.4) is 0 Å². The van der Waals surface area contributed by atoms with E-state index in [-0.39, 0.29) is 0 Å². The summed E-state index contributed by atoms with van der Waals surface area (Å²) in [5.41, 5.74) is 2.55. The first kappa shape index (κ1) is 21.4. The molecule has 0 aliphatic rings. The summed E-state index contributed by atoms with van der Waals surface area (Å²) in [5, 5.41) is 8.14. The van der Waals surface area contributed by atoms with Gasteiger partial charge in [0.2, 0.25) is 0 Å². The van der Waals surface area contributed by atoms with E-state index in [0.717, 1.165) is 0 Å². The molecule has 0 aliphatic heterocycles. The second kappa shape index (κ2) is 10.5. The maximum atomic E-state index is 2.21. The van der Waals surface area contributed by atoms with E-state index < -0.39 is 0 Å². The van der Waals surface area contributed by atoms with Crippen LogP contribution in [0.25, 0.3) is 43.4 Å². The van der Waals surface area contributed by atoms with Gasteiger partial charge in [0.05, 0.1) is 0 Å². The fourth-order valence-corrected chi connectivity index (χ4v) is 4.32.